The van der Waals surface area contributed by atoms with Crippen LogP contribution in [0.1, 0.15) is 32.6 Å². The summed E-state index contributed by atoms with van der Waals surface area (Å²) in [6, 6.07) is 0. The summed E-state index contributed by atoms with van der Waals surface area (Å²) in [7, 11) is 0. The van der Waals surface area contributed by atoms with E-state index >= 15 is 0 Å². The molecule has 0 bridgehead atoms. The second-order valence-electron chi connectivity index (χ2n) is 1.78. The molecule has 0 aromatic carbocycles. The van der Waals surface area contributed by atoms with Crippen molar-refractivity contribution in [2.24, 2.45) is 0 Å². The Bertz CT molecular complexity index is 46.0. The number of hydrogen-bond donors (Lipinski definition) is 0. The van der Waals surface area contributed by atoms with E-state index < -0.39 is 0 Å². The lowest BCUT2D eigenvalue weighted by molar-refractivity contribution is 0.730. The first kappa shape index (κ1) is 11.3. The van der Waals surface area contributed by atoms with Crippen molar-refractivity contribution in [1.82, 2.24) is 0 Å². The average Bonchev–Trinajstić information content (AvgIpc) is 1.94. The van der Waals surface area contributed by atoms with E-state index in [1.807, 2.05) is 6.08 Å². The first-order valence-corrected chi connectivity index (χ1v) is 3.52. The predicted octanol–water partition coefficient (Wildman–Crippen LogP) is 3.55. The van der Waals surface area contributed by atoms with E-state index in [-0.39, 0.29) is 0 Å². The molecule has 0 fully saturated rings. The van der Waals surface area contributed by atoms with Gasteiger partial charge in [0.2, 0.25) is 0 Å². The molecule has 0 N–H and O–H groups in total. The van der Waals surface area contributed by atoms with Crippen molar-refractivity contribution < 1.29 is 0 Å². The third-order valence-electron chi connectivity index (χ3n) is 1.01. The van der Waals surface area contributed by atoms with Crippen molar-refractivity contribution in [3.05, 3.63) is 25.8 Å². The highest BCUT2D eigenvalue weighted by atomic mass is 13.8. The maximum Gasteiger partial charge on any atom is -0.0353 e. The quantitative estimate of drug-likeness (QED) is 0.399. The summed E-state index contributed by atoms with van der Waals surface area (Å²) in [5.74, 6) is 0. The predicted molar refractivity (Wildman–Crippen MR) is 45.6 cm³/mol. The molecule has 0 spiro atoms. The fourth-order valence-electron chi connectivity index (χ4n) is 0.539. The van der Waals surface area contributed by atoms with Gasteiger partial charge in [-0.15, -0.1) is 19.7 Å². The lowest BCUT2D eigenvalue weighted by Gasteiger charge is -1.87. The molecule has 54 valence electrons. The van der Waals surface area contributed by atoms with Crippen LogP contribution in [0.25, 0.3) is 0 Å². The molecule has 0 aromatic heterocycles. The van der Waals surface area contributed by atoms with Crippen molar-refractivity contribution in [3.8, 4) is 0 Å². The maximum atomic E-state index is 3.63. The van der Waals surface area contributed by atoms with Gasteiger partial charge in [-0.25, -0.2) is 0 Å². The molecule has 0 aliphatic rings. The van der Waals surface area contributed by atoms with Crippen LogP contribution in [-0.4, -0.2) is 0 Å². The van der Waals surface area contributed by atoms with Gasteiger partial charge < -0.3 is 0 Å². The molecule has 0 saturated carbocycles. The molecule has 0 aliphatic heterocycles. The first-order valence-electron chi connectivity index (χ1n) is 3.52. The van der Waals surface area contributed by atoms with Crippen molar-refractivity contribution in [2.75, 3.05) is 0 Å². The van der Waals surface area contributed by atoms with Crippen molar-refractivity contribution in [1.29, 1.82) is 0 Å². The van der Waals surface area contributed by atoms with E-state index in [1.165, 1.54) is 25.7 Å². The van der Waals surface area contributed by atoms with Gasteiger partial charge in [-0.1, -0.05) is 25.8 Å². The van der Waals surface area contributed by atoms with Gasteiger partial charge in [0.15, 0.2) is 0 Å². The molecule has 0 heterocycles. The van der Waals surface area contributed by atoms with Crippen LogP contribution in [-0.2, 0) is 0 Å². The molecular weight excluding hydrogens is 108 g/mol. The Morgan fingerprint density at radius 2 is 1.78 bits per heavy atom. The zero-order chi connectivity index (χ0) is 7.54. The van der Waals surface area contributed by atoms with Crippen molar-refractivity contribution >= 4 is 0 Å². The SMILES string of the molecule is C=C.C=CCCCCC. The Kier molecular flexibility index (Phi) is 19.6. The maximum absolute atomic E-state index is 3.63. The summed E-state index contributed by atoms with van der Waals surface area (Å²) >= 11 is 0. The largest absolute Gasteiger partial charge is 0.106 e. The number of unbranched alkanes of at least 4 members (excludes halogenated alkanes) is 3. The monoisotopic (exact) mass is 126 g/mol. The van der Waals surface area contributed by atoms with Gasteiger partial charge in [0.1, 0.15) is 0 Å². The molecular formula is C9H18. The first-order chi connectivity index (χ1) is 4.41. The molecule has 0 heteroatoms. The third-order valence-corrected chi connectivity index (χ3v) is 1.01. The highest BCUT2D eigenvalue weighted by Crippen LogP contribution is 1.97. The Hall–Kier alpha value is -0.520. The van der Waals surface area contributed by atoms with E-state index in [0.29, 0.717) is 0 Å². The molecule has 0 radical (unpaired) electrons. The summed E-state index contributed by atoms with van der Waals surface area (Å²) in [6.07, 6.45) is 7.16. The number of allylic oxidation sites excluding steroid dienone is 1. The van der Waals surface area contributed by atoms with Crippen LogP contribution in [0.2, 0.25) is 0 Å². The zero-order valence-electron chi connectivity index (χ0n) is 6.53. The lowest BCUT2D eigenvalue weighted by Crippen LogP contribution is -1.67. The summed E-state index contributed by atoms with van der Waals surface area (Å²) in [5.41, 5.74) is 0. The fourth-order valence-corrected chi connectivity index (χ4v) is 0.539. The molecule has 0 unspecified atom stereocenters. The molecule has 0 aliphatic carbocycles. The summed E-state index contributed by atoms with van der Waals surface area (Å²) in [6.45, 7) is 11.8. The van der Waals surface area contributed by atoms with Crippen LogP contribution in [0, 0.1) is 0 Å². The minimum Gasteiger partial charge on any atom is -0.106 e. The van der Waals surface area contributed by atoms with Gasteiger partial charge in [-0.2, -0.15) is 0 Å². The fraction of sp³-hybridized carbons (Fsp3) is 0.556. The summed E-state index contributed by atoms with van der Waals surface area (Å²) in [5, 5.41) is 0. The van der Waals surface area contributed by atoms with E-state index in [1.54, 1.807) is 0 Å². The highest BCUT2D eigenvalue weighted by molar-refractivity contribution is 4.64. The molecule has 9 heavy (non-hydrogen) atoms. The van der Waals surface area contributed by atoms with Crippen molar-refractivity contribution in [2.45, 2.75) is 32.6 Å². The molecule has 0 nitrogen and oxygen atoms in total. The zero-order valence-corrected chi connectivity index (χ0v) is 6.53. The number of hydrogen-bond acceptors (Lipinski definition) is 0. The van der Waals surface area contributed by atoms with E-state index in [9.17, 15) is 0 Å². The molecule has 0 aromatic rings. The van der Waals surface area contributed by atoms with Crippen molar-refractivity contribution in [3.63, 3.8) is 0 Å². The Balaban J connectivity index is 0. The van der Waals surface area contributed by atoms with Crippen LogP contribution >= 0.6 is 0 Å². The van der Waals surface area contributed by atoms with E-state index in [0.717, 1.165) is 0 Å². The second kappa shape index (κ2) is 15.6. The van der Waals surface area contributed by atoms with E-state index in [4.69, 9.17) is 0 Å². The molecule has 0 rings (SSSR count). The van der Waals surface area contributed by atoms with E-state index in [2.05, 4.69) is 26.7 Å². The van der Waals surface area contributed by atoms with Gasteiger partial charge in [0.25, 0.3) is 0 Å². The van der Waals surface area contributed by atoms with Gasteiger partial charge in [-0.05, 0) is 12.8 Å². The normalized spacial score (nSPS) is 7.22. The van der Waals surface area contributed by atoms with Crippen LogP contribution in [0.3, 0.4) is 0 Å². The van der Waals surface area contributed by atoms with Crippen LogP contribution < -0.4 is 0 Å². The minimum atomic E-state index is 1.19. The second-order valence-corrected chi connectivity index (χ2v) is 1.78. The molecule has 0 atom stereocenters. The van der Waals surface area contributed by atoms with Gasteiger partial charge >= 0.3 is 0 Å². The topological polar surface area (TPSA) is 0 Å². The van der Waals surface area contributed by atoms with Gasteiger partial charge in [-0.3, -0.25) is 0 Å². The molecule has 0 saturated heterocycles. The summed E-state index contributed by atoms with van der Waals surface area (Å²) < 4.78 is 0. The van der Waals surface area contributed by atoms with Gasteiger partial charge in [0, 0.05) is 0 Å². The third kappa shape index (κ3) is 18.5. The smallest absolute Gasteiger partial charge is 0.0353 e. The number of rotatable bonds is 4. The summed E-state index contributed by atoms with van der Waals surface area (Å²) in [4.78, 5) is 0. The highest BCUT2D eigenvalue weighted by Gasteiger charge is 1.77. The van der Waals surface area contributed by atoms with Crippen LogP contribution in [0.5, 0.6) is 0 Å². The minimum absolute atomic E-state index is 1.19. The Morgan fingerprint density at radius 3 is 2.11 bits per heavy atom. The van der Waals surface area contributed by atoms with Gasteiger partial charge in [0.05, 0.1) is 0 Å². The Labute approximate surface area is 59.3 Å². The standard InChI is InChI=1S/C7H14.C2H4/c1-3-5-7-6-4-2;1-2/h3H,1,4-7H2,2H3;1-2H2. The average molecular weight is 126 g/mol. The Morgan fingerprint density at radius 1 is 1.22 bits per heavy atom. The lowest BCUT2D eigenvalue weighted by atomic mass is 10.2. The molecule has 0 amide bonds. The van der Waals surface area contributed by atoms with Crippen LogP contribution in [0.4, 0.5) is 0 Å². The van der Waals surface area contributed by atoms with Crippen LogP contribution in [0.15, 0.2) is 25.8 Å².